The van der Waals surface area contributed by atoms with Crippen LogP contribution in [0, 0.1) is 0 Å². The maximum atomic E-state index is 3.95. The lowest BCUT2D eigenvalue weighted by Gasteiger charge is -2.23. The summed E-state index contributed by atoms with van der Waals surface area (Å²) in [4.78, 5) is 3.95. The Morgan fingerprint density at radius 3 is 2.50 bits per heavy atom. The third-order valence-corrected chi connectivity index (χ3v) is 1.21. The number of nitrogens with zero attached hydrogens (tertiary/aromatic N) is 2. The van der Waals surface area contributed by atoms with Gasteiger partial charge in [0.15, 0.2) is 0 Å². The van der Waals surface area contributed by atoms with Crippen molar-refractivity contribution in [2.45, 2.75) is 0 Å². The molecule has 2 heteroatoms. The van der Waals surface area contributed by atoms with Crippen LogP contribution in [0.5, 0.6) is 0 Å². The van der Waals surface area contributed by atoms with Crippen LogP contribution >= 0.6 is 0 Å². The van der Waals surface area contributed by atoms with E-state index in [4.69, 9.17) is 0 Å². The number of hydrogen-bond donors (Lipinski definition) is 0. The summed E-state index contributed by atoms with van der Waals surface area (Å²) in [6.45, 7) is 1.01. The number of aliphatic imine (C=N–C) groups is 1. The van der Waals surface area contributed by atoms with Gasteiger partial charge in [-0.05, 0) is 0 Å². The van der Waals surface area contributed by atoms with Crippen molar-refractivity contribution < 1.29 is 4.48 Å². The molecule has 0 radical (unpaired) electrons. The molecule has 0 aromatic rings. The van der Waals surface area contributed by atoms with Gasteiger partial charge in [0, 0.05) is 0 Å². The first-order valence-corrected chi connectivity index (χ1v) is 2.73. The lowest BCUT2D eigenvalue weighted by atomic mass is 10.5. The van der Waals surface area contributed by atoms with Crippen LogP contribution in [0.4, 0.5) is 0 Å². The Labute approximate surface area is 49.7 Å². The molecule has 0 unspecified atom stereocenters. The zero-order valence-corrected chi connectivity index (χ0v) is 5.33. The SMILES string of the molecule is C[N+]1(C)C=CN=CC1. The van der Waals surface area contributed by atoms with Crippen molar-refractivity contribution in [1.82, 2.24) is 0 Å². The van der Waals surface area contributed by atoms with Crippen molar-refractivity contribution in [3.8, 4) is 0 Å². The van der Waals surface area contributed by atoms with E-state index in [2.05, 4.69) is 25.3 Å². The van der Waals surface area contributed by atoms with Gasteiger partial charge in [-0.1, -0.05) is 0 Å². The lowest BCUT2D eigenvalue weighted by Crippen LogP contribution is -2.36. The first-order valence-electron chi connectivity index (χ1n) is 2.73. The zero-order chi connectivity index (χ0) is 6.04. The van der Waals surface area contributed by atoms with Crippen LogP contribution in [0.25, 0.3) is 0 Å². The molecule has 0 fully saturated rings. The highest BCUT2D eigenvalue weighted by molar-refractivity contribution is 5.59. The fourth-order valence-electron chi connectivity index (χ4n) is 0.598. The summed E-state index contributed by atoms with van der Waals surface area (Å²) in [6.07, 6.45) is 5.84. The van der Waals surface area contributed by atoms with Crippen molar-refractivity contribution in [3.63, 3.8) is 0 Å². The summed E-state index contributed by atoms with van der Waals surface area (Å²) < 4.78 is 0.920. The predicted octanol–water partition coefficient (Wildman–Crippen LogP) is 0.618. The Hall–Kier alpha value is -0.630. The Bertz CT molecular complexity index is 133. The van der Waals surface area contributed by atoms with E-state index in [0.29, 0.717) is 0 Å². The number of quaternary nitrogens is 1. The number of hydrogen-bond acceptors (Lipinski definition) is 1. The van der Waals surface area contributed by atoms with Crippen molar-refractivity contribution in [2.24, 2.45) is 4.99 Å². The highest BCUT2D eigenvalue weighted by atomic mass is 15.3. The average Bonchev–Trinajstić information content (AvgIpc) is 1.65. The number of rotatable bonds is 0. The summed E-state index contributed by atoms with van der Waals surface area (Å²) in [5.74, 6) is 0. The van der Waals surface area contributed by atoms with Crippen LogP contribution < -0.4 is 0 Å². The highest BCUT2D eigenvalue weighted by Gasteiger charge is 2.09. The minimum absolute atomic E-state index is 0.920. The molecule has 0 aromatic carbocycles. The van der Waals surface area contributed by atoms with Gasteiger partial charge in [-0.3, -0.25) is 9.48 Å². The van der Waals surface area contributed by atoms with Gasteiger partial charge in [0.05, 0.1) is 26.5 Å². The molecular formula is C6H11N2+. The first-order chi connectivity index (χ1) is 3.71. The zero-order valence-electron chi connectivity index (χ0n) is 5.33. The fourth-order valence-corrected chi connectivity index (χ4v) is 0.598. The molecule has 1 rings (SSSR count). The van der Waals surface area contributed by atoms with E-state index in [9.17, 15) is 0 Å². The molecule has 0 atom stereocenters. The van der Waals surface area contributed by atoms with Crippen LogP contribution in [0.1, 0.15) is 0 Å². The van der Waals surface area contributed by atoms with Gasteiger partial charge in [-0.25, -0.2) is 0 Å². The van der Waals surface area contributed by atoms with E-state index in [0.717, 1.165) is 11.0 Å². The van der Waals surface area contributed by atoms with E-state index >= 15 is 0 Å². The quantitative estimate of drug-likeness (QED) is 0.406. The van der Waals surface area contributed by atoms with Crippen LogP contribution in [-0.2, 0) is 0 Å². The van der Waals surface area contributed by atoms with Crippen molar-refractivity contribution in [1.29, 1.82) is 0 Å². The van der Waals surface area contributed by atoms with Gasteiger partial charge in [-0.15, -0.1) is 0 Å². The Balaban J connectivity index is 2.65. The third-order valence-electron chi connectivity index (χ3n) is 1.21. The molecule has 0 saturated heterocycles. The van der Waals surface area contributed by atoms with Crippen molar-refractivity contribution in [2.75, 3.05) is 20.6 Å². The molecule has 1 heterocycles. The molecule has 1 aliphatic heterocycles. The second-order valence-corrected chi connectivity index (χ2v) is 2.59. The molecule has 0 aliphatic carbocycles. The normalized spacial score (nSPS) is 23.8. The molecular weight excluding hydrogens is 100 g/mol. The lowest BCUT2D eigenvalue weighted by molar-refractivity contribution is -0.829. The van der Waals surface area contributed by atoms with Gasteiger partial charge >= 0.3 is 0 Å². The molecule has 44 valence electrons. The predicted molar refractivity (Wildman–Crippen MR) is 34.6 cm³/mol. The van der Waals surface area contributed by atoms with E-state index < -0.39 is 0 Å². The highest BCUT2D eigenvalue weighted by Crippen LogP contribution is 1.99. The maximum Gasteiger partial charge on any atom is 0.118 e. The summed E-state index contributed by atoms with van der Waals surface area (Å²) >= 11 is 0. The fraction of sp³-hybridized carbons (Fsp3) is 0.500. The third kappa shape index (κ3) is 1.17. The summed E-state index contributed by atoms with van der Waals surface area (Å²) in [5, 5.41) is 0. The molecule has 0 saturated carbocycles. The summed E-state index contributed by atoms with van der Waals surface area (Å²) in [5.41, 5.74) is 0. The van der Waals surface area contributed by atoms with Crippen molar-refractivity contribution in [3.05, 3.63) is 12.4 Å². The van der Waals surface area contributed by atoms with E-state index in [1.807, 2.05) is 12.4 Å². The topological polar surface area (TPSA) is 12.4 Å². The van der Waals surface area contributed by atoms with Gasteiger partial charge in [0.1, 0.15) is 12.7 Å². The molecule has 0 aromatic heterocycles. The average molecular weight is 111 g/mol. The van der Waals surface area contributed by atoms with Crippen LogP contribution in [0.15, 0.2) is 17.4 Å². The minimum Gasteiger partial charge on any atom is -0.296 e. The molecule has 0 amide bonds. The Kier molecular flexibility index (Phi) is 1.18. The Morgan fingerprint density at radius 2 is 2.25 bits per heavy atom. The standard InChI is InChI=1S/C6H11N2/c1-8(2)5-3-7-4-6-8/h3-5H,6H2,1-2H3/q+1. The summed E-state index contributed by atoms with van der Waals surface area (Å²) in [7, 11) is 4.28. The van der Waals surface area contributed by atoms with E-state index in [1.54, 1.807) is 0 Å². The van der Waals surface area contributed by atoms with Crippen molar-refractivity contribution >= 4 is 6.21 Å². The molecule has 1 aliphatic rings. The van der Waals surface area contributed by atoms with Gasteiger partial charge in [0.2, 0.25) is 0 Å². The van der Waals surface area contributed by atoms with Crippen LogP contribution in [0.3, 0.4) is 0 Å². The van der Waals surface area contributed by atoms with Gasteiger partial charge in [-0.2, -0.15) is 0 Å². The molecule has 0 bridgehead atoms. The van der Waals surface area contributed by atoms with E-state index in [-0.39, 0.29) is 0 Å². The van der Waals surface area contributed by atoms with Gasteiger partial charge < -0.3 is 0 Å². The molecule has 8 heavy (non-hydrogen) atoms. The second-order valence-electron chi connectivity index (χ2n) is 2.59. The van der Waals surface area contributed by atoms with E-state index in [1.165, 1.54) is 0 Å². The van der Waals surface area contributed by atoms with Gasteiger partial charge in [0.25, 0.3) is 0 Å². The molecule has 0 spiro atoms. The maximum absolute atomic E-state index is 3.95. The molecule has 2 nitrogen and oxygen atoms in total. The Morgan fingerprint density at radius 1 is 1.50 bits per heavy atom. The van der Waals surface area contributed by atoms with Crippen LogP contribution in [0.2, 0.25) is 0 Å². The second kappa shape index (κ2) is 1.71. The summed E-state index contributed by atoms with van der Waals surface area (Å²) in [6, 6.07) is 0. The monoisotopic (exact) mass is 111 g/mol. The smallest absolute Gasteiger partial charge is 0.118 e. The van der Waals surface area contributed by atoms with Crippen LogP contribution in [-0.4, -0.2) is 31.3 Å². The molecule has 0 N–H and O–H groups in total. The largest absolute Gasteiger partial charge is 0.296 e. The first kappa shape index (κ1) is 5.51. The minimum atomic E-state index is 0.920.